The van der Waals surface area contributed by atoms with E-state index in [2.05, 4.69) is 41.5 Å². The molecule has 0 unspecified atom stereocenters. The van der Waals surface area contributed by atoms with Gasteiger partial charge in [0.25, 0.3) is 0 Å². The van der Waals surface area contributed by atoms with E-state index in [1.807, 2.05) is 17.1 Å². The number of benzene rings is 1. The van der Waals surface area contributed by atoms with Crippen molar-refractivity contribution in [3.63, 3.8) is 0 Å². The average Bonchev–Trinajstić information content (AvgIpc) is 3.11. The first-order valence-corrected chi connectivity index (χ1v) is 7.53. The van der Waals surface area contributed by atoms with Crippen molar-refractivity contribution >= 4 is 0 Å². The maximum absolute atomic E-state index is 4.07. The summed E-state index contributed by atoms with van der Waals surface area (Å²) in [7, 11) is 0. The average molecular weight is 269 g/mol. The zero-order chi connectivity index (χ0) is 13.8. The van der Waals surface area contributed by atoms with Crippen LogP contribution >= 0.6 is 0 Å². The Labute approximate surface area is 121 Å². The molecule has 3 nitrogen and oxygen atoms in total. The Morgan fingerprint density at radius 1 is 1.20 bits per heavy atom. The van der Waals surface area contributed by atoms with Crippen molar-refractivity contribution in [1.82, 2.24) is 14.9 Å². The lowest BCUT2D eigenvalue weighted by molar-refractivity contribution is 0.314. The lowest BCUT2D eigenvalue weighted by Crippen LogP contribution is -2.29. The van der Waals surface area contributed by atoms with Crippen LogP contribution in [0.1, 0.15) is 38.2 Å². The minimum atomic E-state index is 0.525. The van der Waals surface area contributed by atoms with Crippen LogP contribution in [0.3, 0.4) is 0 Å². The number of hydrogen-bond acceptors (Lipinski definition) is 2. The highest BCUT2D eigenvalue weighted by molar-refractivity contribution is 5.34. The molecule has 0 amide bonds. The zero-order valence-corrected chi connectivity index (χ0v) is 12.2. The molecule has 1 saturated carbocycles. The molecule has 0 spiro atoms. The fourth-order valence-corrected chi connectivity index (χ4v) is 3.11. The summed E-state index contributed by atoms with van der Waals surface area (Å²) in [5.74, 6) is 0. The van der Waals surface area contributed by atoms with Crippen LogP contribution in [0.4, 0.5) is 0 Å². The Bertz CT molecular complexity index is 522. The molecule has 1 N–H and O–H groups in total. The predicted octanol–water partition coefficient (Wildman–Crippen LogP) is 3.54. The van der Waals surface area contributed by atoms with Crippen molar-refractivity contribution in [2.45, 2.75) is 39.2 Å². The standard InChI is InChI=1S/C17H23N3/c1-17(8-2-3-9-17)13-19-12-15-4-6-16(7-5-15)20-11-10-18-14-20/h4-7,10-11,14,19H,2-3,8-9,12-13H2,1H3. The monoisotopic (exact) mass is 269 g/mol. The van der Waals surface area contributed by atoms with Gasteiger partial charge in [-0.2, -0.15) is 0 Å². The number of rotatable bonds is 5. The molecule has 1 aliphatic carbocycles. The summed E-state index contributed by atoms with van der Waals surface area (Å²) < 4.78 is 2.02. The third-order valence-corrected chi connectivity index (χ3v) is 4.43. The van der Waals surface area contributed by atoms with Crippen LogP contribution in [-0.2, 0) is 6.54 Å². The van der Waals surface area contributed by atoms with Gasteiger partial charge in [0.1, 0.15) is 0 Å². The lowest BCUT2D eigenvalue weighted by atomic mass is 9.89. The third-order valence-electron chi connectivity index (χ3n) is 4.43. The van der Waals surface area contributed by atoms with Gasteiger partial charge in [-0.05, 0) is 36.0 Å². The fraction of sp³-hybridized carbons (Fsp3) is 0.471. The first-order valence-electron chi connectivity index (χ1n) is 7.53. The topological polar surface area (TPSA) is 29.9 Å². The Hall–Kier alpha value is -1.61. The summed E-state index contributed by atoms with van der Waals surface area (Å²) in [6.45, 7) is 4.51. The molecule has 1 aliphatic rings. The van der Waals surface area contributed by atoms with Crippen molar-refractivity contribution < 1.29 is 0 Å². The summed E-state index contributed by atoms with van der Waals surface area (Å²) in [6, 6.07) is 8.69. The normalized spacial score (nSPS) is 17.4. The van der Waals surface area contributed by atoms with E-state index in [1.54, 1.807) is 6.20 Å². The van der Waals surface area contributed by atoms with Crippen molar-refractivity contribution in [2.75, 3.05) is 6.54 Å². The molecule has 3 heteroatoms. The Kier molecular flexibility index (Phi) is 3.88. The molecule has 0 aliphatic heterocycles. The minimum Gasteiger partial charge on any atom is -0.312 e. The van der Waals surface area contributed by atoms with Gasteiger partial charge < -0.3 is 9.88 Å². The van der Waals surface area contributed by atoms with Crippen molar-refractivity contribution in [3.05, 3.63) is 48.5 Å². The highest BCUT2D eigenvalue weighted by atomic mass is 15.0. The predicted molar refractivity (Wildman–Crippen MR) is 81.8 cm³/mol. The zero-order valence-electron chi connectivity index (χ0n) is 12.2. The molecule has 0 radical (unpaired) electrons. The Balaban J connectivity index is 1.53. The first kappa shape index (κ1) is 13.4. The van der Waals surface area contributed by atoms with Crippen LogP contribution in [0.15, 0.2) is 43.0 Å². The molecule has 3 rings (SSSR count). The smallest absolute Gasteiger partial charge is 0.0991 e. The second-order valence-electron chi connectivity index (χ2n) is 6.26. The van der Waals surface area contributed by atoms with Gasteiger partial charge >= 0.3 is 0 Å². The molecule has 1 aromatic carbocycles. The number of hydrogen-bond donors (Lipinski definition) is 1. The van der Waals surface area contributed by atoms with E-state index >= 15 is 0 Å². The summed E-state index contributed by atoms with van der Waals surface area (Å²) in [5, 5.41) is 3.62. The van der Waals surface area contributed by atoms with E-state index in [0.29, 0.717) is 5.41 Å². The second kappa shape index (κ2) is 5.80. The fourth-order valence-electron chi connectivity index (χ4n) is 3.11. The molecular formula is C17H23N3. The van der Waals surface area contributed by atoms with E-state index in [1.165, 1.54) is 31.2 Å². The van der Waals surface area contributed by atoms with Gasteiger partial charge in [0, 0.05) is 31.2 Å². The highest BCUT2D eigenvalue weighted by Gasteiger charge is 2.27. The van der Waals surface area contributed by atoms with E-state index in [4.69, 9.17) is 0 Å². The molecule has 106 valence electrons. The van der Waals surface area contributed by atoms with Crippen molar-refractivity contribution in [1.29, 1.82) is 0 Å². The van der Waals surface area contributed by atoms with Crippen LogP contribution < -0.4 is 5.32 Å². The summed E-state index contributed by atoms with van der Waals surface area (Å²) >= 11 is 0. The Morgan fingerprint density at radius 3 is 2.60 bits per heavy atom. The quantitative estimate of drug-likeness (QED) is 0.899. The van der Waals surface area contributed by atoms with Gasteiger partial charge in [-0.1, -0.05) is 31.9 Å². The van der Waals surface area contributed by atoms with E-state index < -0.39 is 0 Å². The Morgan fingerprint density at radius 2 is 1.95 bits per heavy atom. The lowest BCUT2D eigenvalue weighted by Gasteiger charge is -2.23. The molecule has 20 heavy (non-hydrogen) atoms. The number of imidazole rings is 1. The summed E-state index contributed by atoms with van der Waals surface area (Å²) in [5.41, 5.74) is 3.03. The van der Waals surface area contributed by atoms with Gasteiger partial charge in [0.05, 0.1) is 6.33 Å². The maximum atomic E-state index is 4.07. The molecule has 0 bridgehead atoms. The first-order chi connectivity index (χ1) is 9.75. The molecule has 0 saturated heterocycles. The number of aromatic nitrogens is 2. The van der Waals surface area contributed by atoms with Gasteiger partial charge in [0.15, 0.2) is 0 Å². The largest absolute Gasteiger partial charge is 0.312 e. The van der Waals surface area contributed by atoms with Crippen LogP contribution in [0.5, 0.6) is 0 Å². The van der Waals surface area contributed by atoms with Gasteiger partial charge in [-0.15, -0.1) is 0 Å². The molecule has 0 atom stereocenters. The molecule has 2 aromatic rings. The molecule has 1 fully saturated rings. The molecule has 1 heterocycles. The van der Waals surface area contributed by atoms with E-state index in [-0.39, 0.29) is 0 Å². The molecule has 1 aromatic heterocycles. The number of nitrogens with one attached hydrogen (secondary N) is 1. The van der Waals surface area contributed by atoms with Crippen molar-refractivity contribution in [3.8, 4) is 5.69 Å². The van der Waals surface area contributed by atoms with Crippen molar-refractivity contribution in [2.24, 2.45) is 5.41 Å². The van der Waals surface area contributed by atoms with Crippen LogP contribution in [0.25, 0.3) is 5.69 Å². The second-order valence-corrected chi connectivity index (χ2v) is 6.26. The van der Waals surface area contributed by atoms with Crippen LogP contribution in [0.2, 0.25) is 0 Å². The van der Waals surface area contributed by atoms with Crippen LogP contribution in [-0.4, -0.2) is 16.1 Å². The van der Waals surface area contributed by atoms with Crippen LogP contribution in [0, 0.1) is 5.41 Å². The summed E-state index contributed by atoms with van der Waals surface area (Å²) in [6.07, 6.45) is 11.1. The minimum absolute atomic E-state index is 0.525. The SMILES string of the molecule is CC1(CNCc2ccc(-n3ccnc3)cc2)CCCC1. The van der Waals surface area contributed by atoms with Gasteiger partial charge in [-0.3, -0.25) is 0 Å². The number of nitrogens with zero attached hydrogens (tertiary/aromatic N) is 2. The van der Waals surface area contributed by atoms with Gasteiger partial charge in [-0.25, -0.2) is 4.98 Å². The highest BCUT2D eigenvalue weighted by Crippen LogP contribution is 2.36. The summed E-state index contributed by atoms with van der Waals surface area (Å²) in [4.78, 5) is 4.07. The maximum Gasteiger partial charge on any atom is 0.0991 e. The van der Waals surface area contributed by atoms with E-state index in [9.17, 15) is 0 Å². The third kappa shape index (κ3) is 3.10. The van der Waals surface area contributed by atoms with E-state index in [0.717, 1.165) is 18.8 Å². The van der Waals surface area contributed by atoms with Gasteiger partial charge in [0.2, 0.25) is 0 Å². The molecular weight excluding hydrogens is 246 g/mol.